The van der Waals surface area contributed by atoms with E-state index in [2.05, 4.69) is 9.97 Å². The van der Waals surface area contributed by atoms with E-state index in [0.717, 1.165) is 16.7 Å². The zero-order valence-electron chi connectivity index (χ0n) is 18.4. The maximum Gasteiger partial charge on any atom is 0.335 e. The fraction of sp³-hybridized carbons (Fsp3) is 0.320. The molecule has 2 aromatic carbocycles. The highest BCUT2D eigenvalue weighted by molar-refractivity contribution is 5.75. The molecule has 7 heteroatoms. The monoisotopic (exact) mass is 436 g/mol. The van der Waals surface area contributed by atoms with Crippen molar-refractivity contribution >= 4 is 5.97 Å². The van der Waals surface area contributed by atoms with Crippen LogP contribution in [0, 0.1) is 0 Å². The number of hydrogen-bond acceptors (Lipinski definition) is 7. The lowest BCUT2D eigenvalue weighted by Crippen LogP contribution is -2.29. The summed E-state index contributed by atoms with van der Waals surface area (Å²) in [7, 11) is 0. The highest BCUT2D eigenvalue weighted by Gasteiger charge is 2.22. The largest absolute Gasteiger partial charge is 0.487 e. The molecular weight excluding hydrogens is 408 g/mol. The SMILES string of the molecule is CCOC(=O)C(Cc1ccccc1OCc1ccnc(-c2cccc(CO)c2)n1)OCC. The van der Waals surface area contributed by atoms with E-state index in [4.69, 9.17) is 14.2 Å². The van der Waals surface area contributed by atoms with Gasteiger partial charge in [0.1, 0.15) is 12.4 Å². The van der Waals surface area contributed by atoms with E-state index in [1.807, 2.05) is 55.5 Å². The molecule has 7 nitrogen and oxygen atoms in total. The van der Waals surface area contributed by atoms with E-state index in [1.165, 1.54) is 0 Å². The first kappa shape index (κ1) is 23.4. The number of aliphatic hydroxyl groups excluding tert-OH is 1. The van der Waals surface area contributed by atoms with Gasteiger partial charge in [0.05, 0.1) is 18.9 Å². The van der Waals surface area contributed by atoms with Gasteiger partial charge in [-0.15, -0.1) is 0 Å². The number of aromatic nitrogens is 2. The van der Waals surface area contributed by atoms with Gasteiger partial charge in [0.15, 0.2) is 11.9 Å². The van der Waals surface area contributed by atoms with Crippen molar-refractivity contribution in [2.24, 2.45) is 0 Å². The number of para-hydroxylation sites is 1. The van der Waals surface area contributed by atoms with Gasteiger partial charge in [0.2, 0.25) is 0 Å². The van der Waals surface area contributed by atoms with Crippen LogP contribution in [-0.4, -0.2) is 40.4 Å². The summed E-state index contributed by atoms with van der Waals surface area (Å²) in [6.45, 7) is 4.53. The third-order valence-electron chi connectivity index (χ3n) is 4.75. The molecule has 0 fully saturated rings. The minimum Gasteiger partial charge on any atom is -0.487 e. The third kappa shape index (κ3) is 6.35. The molecule has 32 heavy (non-hydrogen) atoms. The molecule has 168 valence electrons. The summed E-state index contributed by atoms with van der Waals surface area (Å²) in [6.07, 6.45) is 1.35. The predicted molar refractivity (Wildman–Crippen MR) is 120 cm³/mol. The third-order valence-corrected chi connectivity index (χ3v) is 4.75. The molecule has 0 bridgehead atoms. The topological polar surface area (TPSA) is 90.8 Å². The van der Waals surface area contributed by atoms with Crippen molar-refractivity contribution in [3.8, 4) is 17.1 Å². The summed E-state index contributed by atoms with van der Waals surface area (Å²) in [5.41, 5.74) is 3.19. The zero-order chi connectivity index (χ0) is 22.8. The second-order valence-electron chi connectivity index (χ2n) is 7.03. The van der Waals surface area contributed by atoms with Crippen LogP contribution < -0.4 is 4.74 Å². The van der Waals surface area contributed by atoms with Gasteiger partial charge in [-0.1, -0.05) is 36.4 Å². The number of carbonyl (C=O) groups is 1. The Balaban J connectivity index is 1.73. The van der Waals surface area contributed by atoms with Crippen LogP contribution in [0.15, 0.2) is 60.8 Å². The minimum atomic E-state index is -0.686. The normalized spacial score (nSPS) is 11.7. The first-order chi connectivity index (χ1) is 15.6. The van der Waals surface area contributed by atoms with E-state index < -0.39 is 6.10 Å². The van der Waals surface area contributed by atoms with Crippen molar-refractivity contribution in [3.05, 3.63) is 77.6 Å². The summed E-state index contributed by atoms with van der Waals surface area (Å²) in [6, 6.07) is 16.8. The second kappa shape index (κ2) is 11.9. The van der Waals surface area contributed by atoms with E-state index >= 15 is 0 Å². The first-order valence-electron chi connectivity index (χ1n) is 10.7. The molecule has 1 N–H and O–H groups in total. The quantitative estimate of drug-likeness (QED) is 0.458. The lowest BCUT2D eigenvalue weighted by atomic mass is 10.1. The van der Waals surface area contributed by atoms with Gasteiger partial charge >= 0.3 is 5.97 Å². The van der Waals surface area contributed by atoms with E-state index in [9.17, 15) is 9.90 Å². The average molecular weight is 437 g/mol. The molecule has 1 aromatic heterocycles. The molecular formula is C25H28N2O5. The van der Waals surface area contributed by atoms with Crippen LogP contribution in [0.4, 0.5) is 0 Å². The summed E-state index contributed by atoms with van der Waals surface area (Å²) in [5.74, 6) is 0.840. The molecule has 0 aliphatic heterocycles. The van der Waals surface area contributed by atoms with Gasteiger partial charge in [0, 0.05) is 24.8 Å². The smallest absolute Gasteiger partial charge is 0.335 e. The Morgan fingerprint density at radius 2 is 1.91 bits per heavy atom. The number of nitrogens with zero attached hydrogens (tertiary/aromatic N) is 2. The average Bonchev–Trinajstić information content (AvgIpc) is 2.83. The number of aliphatic hydroxyl groups is 1. The number of benzene rings is 2. The summed E-state index contributed by atoms with van der Waals surface area (Å²) in [4.78, 5) is 21.2. The van der Waals surface area contributed by atoms with E-state index in [0.29, 0.717) is 36.9 Å². The fourth-order valence-corrected chi connectivity index (χ4v) is 3.24. The Labute approximate surface area is 188 Å². The standard InChI is InChI=1S/C25H28N2O5/c1-3-30-23(25(29)31-4-2)15-19-9-5-6-11-22(19)32-17-21-12-13-26-24(27-21)20-10-7-8-18(14-20)16-28/h5-14,23,28H,3-4,15-17H2,1-2H3. The molecule has 0 aliphatic carbocycles. The molecule has 1 heterocycles. The number of rotatable bonds is 11. The number of carbonyl (C=O) groups excluding carboxylic acids is 1. The Bertz CT molecular complexity index is 1020. The van der Waals surface area contributed by atoms with Gasteiger partial charge in [-0.2, -0.15) is 0 Å². The molecule has 0 radical (unpaired) electrons. The van der Waals surface area contributed by atoms with Crippen molar-refractivity contribution in [2.75, 3.05) is 13.2 Å². The summed E-state index contributed by atoms with van der Waals surface area (Å²) < 4.78 is 16.8. The van der Waals surface area contributed by atoms with Crippen LogP contribution in [-0.2, 0) is 33.9 Å². The molecule has 3 rings (SSSR count). The van der Waals surface area contributed by atoms with Crippen LogP contribution in [0.3, 0.4) is 0 Å². The summed E-state index contributed by atoms with van der Waals surface area (Å²) >= 11 is 0. The van der Waals surface area contributed by atoms with Gasteiger partial charge in [-0.25, -0.2) is 14.8 Å². The van der Waals surface area contributed by atoms with E-state index in [1.54, 1.807) is 19.2 Å². The Kier molecular flexibility index (Phi) is 8.71. The van der Waals surface area contributed by atoms with Gasteiger partial charge in [0.25, 0.3) is 0 Å². The minimum absolute atomic E-state index is 0.0397. The van der Waals surface area contributed by atoms with E-state index in [-0.39, 0.29) is 19.2 Å². The maximum absolute atomic E-state index is 12.2. The lowest BCUT2D eigenvalue weighted by molar-refractivity contribution is -0.156. The highest BCUT2D eigenvalue weighted by atomic mass is 16.6. The fourth-order valence-electron chi connectivity index (χ4n) is 3.24. The van der Waals surface area contributed by atoms with Crippen molar-refractivity contribution in [2.45, 2.75) is 39.6 Å². The predicted octanol–water partition coefficient (Wildman–Crippen LogP) is 3.73. The van der Waals surface area contributed by atoms with Crippen LogP contribution in [0.1, 0.15) is 30.7 Å². The number of esters is 1. The van der Waals surface area contributed by atoms with Crippen LogP contribution in [0.5, 0.6) is 5.75 Å². The van der Waals surface area contributed by atoms with Crippen LogP contribution in [0.2, 0.25) is 0 Å². The van der Waals surface area contributed by atoms with Crippen molar-refractivity contribution in [3.63, 3.8) is 0 Å². The first-order valence-corrected chi connectivity index (χ1v) is 10.7. The molecule has 0 saturated heterocycles. The molecule has 0 saturated carbocycles. The zero-order valence-corrected chi connectivity index (χ0v) is 18.4. The molecule has 1 atom stereocenters. The number of ether oxygens (including phenoxy) is 3. The Hall–Kier alpha value is -3.29. The van der Waals surface area contributed by atoms with Gasteiger partial charge < -0.3 is 19.3 Å². The molecule has 1 unspecified atom stereocenters. The summed E-state index contributed by atoms with van der Waals surface area (Å²) in [5, 5.41) is 9.36. The second-order valence-corrected chi connectivity index (χ2v) is 7.03. The van der Waals surface area contributed by atoms with Gasteiger partial charge in [-0.3, -0.25) is 0 Å². The Morgan fingerprint density at radius 1 is 1.06 bits per heavy atom. The maximum atomic E-state index is 12.2. The lowest BCUT2D eigenvalue weighted by Gasteiger charge is -2.18. The van der Waals surface area contributed by atoms with Crippen LogP contribution in [0.25, 0.3) is 11.4 Å². The van der Waals surface area contributed by atoms with Crippen molar-refractivity contribution < 1.29 is 24.1 Å². The number of hydrogen-bond donors (Lipinski definition) is 1. The van der Waals surface area contributed by atoms with Crippen molar-refractivity contribution in [1.82, 2.24) is 9.97 Å². The van der Waals surface area contributed by atoms with Crippen molar-refractivity contribution in [1.29, 1.82) is 0 Å². The van der Waals surface area contributed by atoms with Gasteiger partial charge in [-0.05, 0) is 43.2 Å². The molecule has 3 aromatic rings. The molecule has 0 amide bonds. The molecule has 0 spiro atoms. The Morgan fingerprint density at radius 3 is 2.69 bits per heavy atom. The highest BCUT2D eigenvalue weighted by Crippen LogP contribution is 2.23. The molecule has 0 aliphatic rings. The van der Waals surface area contributed by atoms with Crippen LogP contribution >= 0.6 is 0 Å².